The minimum absolute atomic E-state index is 0.0565. The van der Waals surface area contributed by atoms with Crippen LogP contribution in [0.2, 0.25) is 0 Å². The molecule has 3 rings (SSSR count). The van der Waals surface area contributed by atoms with Gasteiger partial charge in [0.05, 0.1) is 7.11 Å². The van der Waals surface area contributed by atoms with Gasteiger partial charge < -0.3 is 25.3 Å². The van der Waals surface area contributed by atoms with E-state index < -0.39 is 23.3 Å². The number of anilines is 1. The minimum Gasteiger partial charge on any atom is -0.465 e. The number of hydrogen-bond donors (Lipinski definition) is 2. The maximum Gasteiger partial charge on any atom is 0.340 e. The molecule has 0 aromatic heterocycles. The Morgan fingerprint density at radius 2 is 2.00 bits per heavy atom. The van der Waals surface area contributed by atoms with Crippen LogP contribution < -0.4 is 11.1 Å². The number of nitrogens with two attached hydrogens (primary N) is 1. The predicted molar refractivity (Wildman–Crippen MR) is 94.9 cm³/mol. The molecule has 0 bridgehead atoms. The lowest BCUT2D eigenvalue weighted by molar-refractivity contribution is -0.141. The van der Waals surface area contributed by atoms with Crippen LogP contribution in [-0.2, 0) is 34.0 Å². The number of carbonyl (C=O) groups excluding carboxylic acids is 3. The maximum absolute atomic E-state index is 13.2. The van der Waals surface area contributed by atoms with Crippen LogP contribution in [0.4, 0.5) is 5.69 Å². The summed E-state index contributed by atoms with van der Waals surface area (Å²) < 4.78 is 15.4. The van der Waals surface area contributed by atoms with Crippen molar-refractivity contribution < 1.29 is 28.6 Å². The van der Waals surface area contributed by atoms with E-state index in [-0.39, 0.29) is 29.4 Å². The molecule has 1 aromatic rings. The van der Waals surface area contributed by atoms with Crippen LogP contribution in [0.3, 0.4) is 0 Å². The largest absolute Gasteiger partial charge is 0.465 e. The van der Waals surface area contributed by atoms with Crippen LogP contribution in [0.5, 0.6) is 0 Å². The number of allylic oxidation sites excluding steroid dienone is 1. The summed E-state index contributed by atoms with van der Waals surface area (Å²) in [6.45, 7) is 4.89. The highest BCUT2D eigenvalue weighted by Crippen LogP contribution is 2.52. The van der Waals surface area contributed by atoms with Crippen LogP contribution >= 0.6 is 0 Å². The molecule has 2 aliphatic heterocycles. The molecule has 2 heterocycles. The summed E-state index contributed by atoms with van der Waals surface area (Å²) in [5.74, 6) is -2.60. The van der Waals surface area contributed by atoms with E-state index in [1.165, 1.54) is 13.0 Å². The van der Waals surface area contributed by atoms with Crippen molar-refractivity contribution in [1.82, 2.24) is 0 Å². The highest BCUT2D eigenvalue weighted by atomic mass is 16.5. The highest BCUT2D eigenvalue weighted by molar-refractivity contribution is 6.21. The van der Waals surface area contributed by atoms with Gasteiger partial charge in [0.1, 0.15) is 28.9 Å². The van der Waals surface area contributed by atoms with Crippen molar-refractivity contribution in [3.63, 3.8) is 0 Å². The second kappa shape index (κ2) is 6.64. The number of benzene rings is 1. The molecule has 0 saturated carbocycles. The van der Waals surface area contributed by atoms with E-state index in [9.17, 15) is 14.4 Å². The van der Waals surface area contributed by atoms with E-state index in [0.717, 1.165) is 7.11 Å². The molecule has 3 N–H and O–H groups in total. The van der Waals surface area contributed by atoms with Gasteiger partial charge in [-0.15, -0.1) is 0 Å². The van der Waals surface area contributed by atoms with Crippen LogP contribution in [0.1, 0.15) is 12.5 Å². The Morgan fingerprint density at radius 1 is 1.30 bits per heavy atom. The summed E-state index contributed by atoms with van der Waals surface area (Å²) in [7, 11) is 1.15. The van der Waals surface area contributed by atoms with Crippen LogP contribution in [-0.4, -0.2) is 31.6 Å². The first-order valence-corrected chi connectivity index (χ1v) is 8.06. The molecule has 1 spiro atoms. The third-order valence-corrected chi connectivity index (χ3v) is 4.46. The Hall–Kier alpha value is -3.55. The van der Waals surface area contributed by atoms with E-state index in [0.29, 0.717) is 11.3 Å². The lowest BCUT2D eigenvalue weighted by atomic mass is 9.67. The number of esters is 2. The number of fused-ring (bicyclic) bond motifs is 2. The number of nitrogens with one attached hydrogen (secondary N) is 1. The number of carbonyl (C=O) groups is 3. The standard InChI is InChI=1S/C19H18N2O6/c1-4-9-26-17(23)13-10(2)27-15(20)14(16(22)25-3)19(13)11-7-5-6-8-12(11)21-18(19)24/h4-8H,1,9,20H2,2-3H3,(H,21,24). The zero-order chi connectivity index (χ0) is 19.8. The maximum atomic E-state index is 13.2. The highest BCUT2D eigenvalue weighted by Gasteiger charge is 2.61. The molecule has 0 aliphatic carbocycles. The number of amides is 1. The Kier molecular flexibility index (Phi) is 4.49. The molecule has 27 heavy (non-hydrogen) atoms. The number of methoxy groups -OCH3 is 1. The topological polar surface area (TPSA) is 117 Å². The van der Waals surface area contributed by atoms with Crippen molar-refractivity contribution in [3.8, 4) is 0 Å². The average molecular weight is 370 g/mol. The fourth-order valence-corrected chi connectivity index (χ4v) is 3.45. The van der Waals surface area contributed by atoms with Crippen LogP contribution in [0.25, 0.3) is 0 Å². The zero-order valence-corrected chi connectivity index (χ0v) is 14.8. The Bertz CT molecular complexity index is 930. The number of ether oxygens (including phenoxy) is 3. The molecule has 0 fully saturated rings. The molecule has 8 heteroatoms. The quantitative estimate of drug-likeness (QED) is 0.605. The van der Waals surface area contributed by atoms with Gasteiger partial charge in [0, 0.05) is 11.3 Å². The lowest BCUT2D eigenvalue weighted by Crippen LogP contribution is -2.48. The fourth-order valence-electron chi connectivity index (χ4n) is 3.45. The molecule has 0 saturated heterocycles. The van der Waals surface area contributed by atoms with Crippen LogP contribution in [0, 0.1) is 0 Å². The Morgan fingerprint density at radius 3 is 2.67 bits per heavy atom. The van der Waals surface area contributed by atoms with E-state index in [1.54, 1.807) is 24.3 Å². The van der Waals surface area contributed by atoms with Gasteiger partial charge in [0.15, 0.2) is 0 Å². The molecular weight excluding hydrogens is 352 g/mol. The van der Waals surface area contributed by atoms with Crippen molar-refractivity contribution in [3.05, 3.63) is 65.3 Å². The minimum atomic E-state index is -1.84. The second-order valence-corrected chi connectivity index (χ2v) is 5.90. The number of para-hydroxylation sites is 1. The first-order chi connectivity index (χ1) is 12.9. The molecule has 2 aliphatic rings. The SMILES string of the molecule is C=CCOC(=O)C1=C(C)OC(N)=C(C(=O)OC)C12C(=O)Nc1ccccc12. The molecule has 0 radical (unpaired) electrons. The van der Waals surface area contributed by atoms with E-state index >= 15 is 0 Å². The average Bonchev–Trinajstić information content (AvgIpc) is 2.92. The summed E-state index contributed by atoms with van der Waals surface area (Å²) in [4.78, 5) is 38.6. The Labute approximate surface area is 155 Å². The van der Waals surface area contributed by atoms with Gasteiger partial charge in [-0.1, -0.05) is 30.9 Å². The fraction of sp³-hybridized carbons (Fsp3) is 0.211. The van der Waals surface area contributed by atoms with Gasteiger partial charge in [-0.25, -0.2) is 9.59 Å². The van der Waals surface area contributed by atoms with Crippen molar-refractivity contribution in [2.45, 2.75) is 12.3 Å². The molecular formula is C19H18N2O6. The summed E-state index contributed by atoms with van der Waals surface area (Å²) >= 11 is 0. The van der Waals surface area contributed by atoms with E-state index in [1.807, 2.05) is 0 Å². The molecule has 1 unspecified atom stereocenters. The molecule has 1 aromatic carbocycles. The van der Waals surface area contributed by atoms with Crippen molar-refractivity contribution >= 4 is 23.5 Å². The van der Waals surface area contributed by atoms with E-state index in [2.05, 4.69) is 11.9 Å². The first kappa shape index (κ1) is 18.2. The lowest BCUT2D eigenvalue weighted by Gasteiger charge is -2.35. The van der Waals surface area contributed by atoms with Gasteiger partial charge in [-0.05, 0) is 13.0 Å². The van der Waals surface area contributed by atoms with Crippen molar-refractivity contribution in [2.24, 2.45) is 5.73 Å². The summed E-state index contributed by atoms with van der Waals surface area (Å²) in [5, 5.41) is 2.69. The third kappa shape index (κ3) is 2.49. The second-order valence-electron chi connectivity index (χ2n) is 5.90. The number of rotatable bonds is 4. The van der Waals surface area contributed by atoms with Gasteiger partial charge in [0.2, 0.25) is 11.8 Å². The zero-order valence-electron chi connectivity index (χ0n) is 14.8. The summed E-state index contributed by atoms with van der Waals surface area (Å²) in [6, 6.07) is 6.69. The molecule has 1 amide bonds. The smallest absolute Gasteiger partial charge is 0.340 e. The third-order valence-electron chi connectivity index (χ3n) is 4.46. The normalized spacial score (nSPS) is 20.7. The number of hydrogen-bond acceptors (Lipinski definition) is 7. The van der Waals surface area contributed by atoms with Gasteiger partial charge in [0.25, 0.3) is 0 Å². The predicted octanol–water partition coefficient (Wildman–Crippen LogP) is 1.25. The molecule has 1 atom stereocenters. The van der Waals surface area contributed by atoms with Gasteiger partial charge in [-0.2, -0.15) is 0 Å². The first-order valence-electron chi connectivity index (χ1n) is 8.06. The monoisotopic (exact) mass is 370 g/mol. The molecule has 140 valence electrons. The van der Waals surface area contributed by atoms with Crippen LogP contribution in [0.15, 0.2) is 59.7 Å². The van der Waals surface area contributed by atoms with Crippen molar-refractivity contribution in [1.29, 1.82) is 0 Å². The van der Waals surface area contributed by atoms with Crippen molar-refractivity contribution in [2.75, 3.05) is 19.0 Å². The Balaban J connectivity index is 2.36. The molecule has 8 nitrogen and oxygen atoms in total. The summed E-state index contributed by atoms with van der Waals surface area (Å²) in [5.41, 5.74) is 4.53. The van der Waals surface area contributed by atoms with Gasteiger partial charge in [-0.3, -0.25) is 4.79 Å². The van der Waals surface area contributed by atoms with E-state index in [4.69, 9.17) is 19.9 Å². The van der Waals surface area contributed by atoms with Gasteiger partial charge >= 0.3 is 11.9 Å². The summed E-state index contributed by atoms with van der Waals surface area (Å²) in [6.07, 6.45) is 1.39.